The van der Waals surface area contributed by atoms with Crippen LogP contribution in [0.3, 0.4) is 0 Å². The van der Waals surface area contributed by atoms with E-state index in [1.54, 1.807) is 17.4 Å². The Morgan fingerprint density at radius 1 is 1.13 bits per heavy atom. The smallest absolute Gasteiger partial charge is 0.357 e. The number of benzene rings is 1. The highest BCUT2D eigenvalue weighted by atomic mass is 32.1. The van der Waals surface area contributed by atoms with E-state index in [9.17, 15) is 9.59 Å². The second-order valence-corrected chi connectivity index (χ2v) is 8.53. The first-order chi connectivity index (χ1) is 14.3. The molecule has 1 heterocycles. The molecule has 0 saturated heterocycles. The van der Waals surface area contributed by atoms with Crippen LogP contribution in [0.15, 0.2) is 23.6 Å². The molecule has 0 bridgehead atoms. The van der Waals surface area contributed by atoms with Crippen LogP contribution in [0.25, 0.3) is 0 Å². The summed E-state index contributed by atoms with van der Waals surface area (Å²) in [5.41, 5.74) is 3.31. The summed E-state index contributed by atoms with van der Waals surface area (Å²) in [6.07, 6.45) is 0. The Hall–Kier alpha value is -2.45. The zero-order valence-corrected chi connectivity index (χ0v) is 19.3. The Morgan fingerprint density at radius 3 is 2.30 bits per heavy atom. The van der Waals surface area contributed by atoms with E-state index in [0.717, 1.165) is 16.8 Å². The first-order valence-electron chi connectivity index (χ1n) is 9.98. The molecule has 8 heteroatoms. The lowest BCUT2D eigenvalue weighted by Crippen LogP contribution is -2.37. The minimum absolute atomic E-state index is 0.225. The number of thiazole rings is 1. The molecule has 2 aromatic rings. The maximum absolute atomic E-state index is 13.2. The van der Waals surface area contributed by atoms with E-state index < -0.39 is 5.97 Å². The van der Waals surface area contributed by atoms with Gasteiger partial charge in [0.15, 0.2) is 5.69 Å². The van der Waals surface area contributed by atoms with Crippen molar-refractivity contribution in [2.24, 2.45) is 0 Å². The first-order valence-corrected chi connectivity index (χ1v) is 10.9. The molecule has 0 aliphatic heterocycles. The van der Waals surface area contributed by atoms with Crippen molar-refractivity contribution in [1.82, 2.24) is 9.88 Å². The maximum atomic E-state index is 13.2. The second-order valence-electron chi connectivity index (χ2n) is 7.58. The Labute approximate surface area is 182 Å². The number of carbonyl (C=O) groups excluding carboxylic acids is 2. The van der Waals surface area contributed by atoms with Crippen LogP contribution in [-0.4, -0.2) is 49.3 Å². The average Bonchev–Trinajstić information content (AvgIpc) is 3.18. The van der Waals surface area contributed by atoms with E-state index in [1.165, 1.54) is 18.4 Å². The predicted octanol–water partition coefficient (Wildman–Crippen LogP) is 4.86. The van der Waals surface area contributed by atoms with Gasteiger partial charge in [0, 0.05) is 24.7 Å². The maximum Gasteiger partial charge on any atom is 0.357 e. The van der Waals surface area contributed by atoms with Gasteiger partial charge in [-0.2, -0.15) is 0 Å². The zero-order chi connectivity index (χ0) is 22.3. The van der Waals surface area contributed by atoms with Crippen molar-refractivity contribution >= 4 is 29.0 Å². The zero-order valence-electron chi connectivity index (χ0n) is 18.5. The Morgan fingerprint density at radius 2 is 1.77 bits per heavy atom. The molecule has 0 spiro atoms. The van der Waals surface area contributed by atoms with Gasteiger partial charge in [-0.1, -0.05) is 45.9 Å². The molecule has 0 aliphatic rings. The summed E-state index contributed by atoms with van der Waals surface area (Å²) in [7, 11) is 2.91. The summed E-state index contributed by atoms with van der Waals surface area (Å²) >= 11 is 1.32. The summed E-state index contributed by atoms with van der Waals surface area (Å²) < 4.78 is 9.89. The van der Waals surface area contributed by atoms with Crippen LogP contribution in [0.2, 0.25) is 0 Å². The fourth-order valence-corrected chi connectivity index (χ4v) is 3.86. The third-order valence-corrected chi connectivity index (χ3v) is 5.56. The van der Waals surface area contributed by atoms with Crippen LogP contribution in [0.4, 0.5) is 10.5 Å². The summed E-state index contributed by atoms with van der Waals surface area (Å²) in [5, 5.41) is 5.42. The van der Waals surface area contributed by atoms with Gasteiger partial charge in [-0.3, -0.25) is 0 Å². The molecule has 0 radical (unpaired) electrons. The molecule has 164 valence electrons. The summed E-state index contributed by atoms with van der Waals surface area (Å²) in [6.45, 7) is 9.52. The van der Waals surface area contributed by atoms with Gasteiger partial charge < -0.3 is 19.7 Å². The average molecular weight is 434 g/mol. The number of urea groups is 1. The lowest BCUT2D eigenvalue weighted by molar-refractivity contribution is 0.0594. The number of anilines is 1. The van der Waals surface area contributed by atoms with Crippen molar-refractivity contribution < 1.29 is 19.1 Å². The van der Waals surface area contributed by atoms with Crippen molar-refractivity contribution in [2.45, 2.75) is 46.1 Å². The molecule has 1 aromatic carbocycles. The third kappa shape index (κ3) is 6.03. The summed E-state index contributed by atoms with van der Waals surface area (Å²) in [5.74, 6) is 0.0545. The van der Waals surface area contributed by atoms with E-state index in [4.69, 9.17) is 9.47 Å². The number of hydrogen-bond donors (Lipinski definition) is 1. The van der Waals surface area contributed by atoms with Crippen LogP contribution in [-0.2, 0) is 16.0 Å². The number of rotatable bonds is 9. The number of carbonyl (C=O) groups is 2. The fourth-order valence-electron chi connectivity index (χ4n) is 3.08. The second kappa shape index (κ2) is 11.1. The Bertz CT molecular complexity index is 838. The number of nitrogens with zero attached hydrogens (tertiary/aromatic N) is 2. The number of esters is 1. The lowest BCUT2D eigenvalue weighted by Gasteiger charge is -2.25. The molecule has 2 amide bonds. The molecule has 0 fully saturated rings. The van der Waals surface area contributed by atoms with E-state index in [-0.39, 0.29) is 30.1 Å². The van der Waals surface area contributed by atoms with Crippen molar-refractivity contribution in [3.8, 4) is 0 Å². The van der Waals surface area contributed by atoms with Gasteiger partial charge >= 0.3 is 12.0 Å². The molecule has 0 unspecified atom stereocenters. The number of hydrogen-bond acceptors (Lipinski definition) is 6. The van der Waals surface area contributed by atoms with Crippen molar-refractivity contribution in [3.63, 3.8) is 0 Å². The minimum atomic E-state index is -0.488. The highest BCUT2D eigenvalue weighted by Crippen LogP contribution is 2.32. The van der Waals surface area contributed by atoms with Gasteiger partial charge in [0.2, 0.25) is 0 Å². The number of nitrogens with one attached hydrogen (secondary N) is 1. The van der Waals surface area contributed by atoms with Crippen LogP contribution in [0.1, 0.15) is 66.2 Å². The van der Waals surface area contributed by atoms with Crippen LogP contribution < -0.4 is 5.32 Å². The summed E-state index contributed by atoms with van der Waals surface area (Å²) in [4.78, 5) is 30.8. The molecule has 30 heavy (non-hydrogen) atoms. The van der Waals surface area contributed by atoms with Crippen LogP contribution in [0, 0.1) is 0 Å². The standard InChI is InChI=1S/C22H31N3O4S/c1-14(2)16-8-7-9-17(15(3)4)20(16)24-22(27)25(10-11-28-5)12-19-23-18(13-30-19)21(26)29-6/h7-9,13-15H,10-12H2,1-6H3,(H,24,27). The van der Waals surface area contributed by atoms with Crippen molar-refractivity contribution in [1.29, 1.82) is 0 Å². The molecule has 1 N–H and O–H groups in total. The Kier molecular flexibility index (Phi) is 8.80. The lowest BCUT2D eigenvalue weighted by atomic mass is 9.93. The quantitative estimate of drug-likeness (QED) is 0.571. The molecule has 1 aromatic heterocycles. The van der Waals surface area contributed by atoms with Gasteiger partial charge in [-0.15, -0.1) is 11.3 Å². The van der Waals surface area contributed by atoms with E-state index >= 15 is 0 Å². The van der Waals surface area contributed by atoms with E-state index in [1.807, 2.05) is 6.07 Å². The number of ether oxygens (including phenoxy) is 2. The van der Waals surface area contributed by atoms with Crippen molar-refractivity contribution in [2.75, 3.05) is 32.7 Å². The molecule has 0 saturated carbocycles. The molecule has 0 aliphatic carbocycles. The van der Waals surface area contributed by atoms with E-state index in [2.05, 4.69) is 50.1 Å². The minimum Gasteiger partial charge on any atom is -0.464 e. The van der Waals surface area contributed by atoms with Crippen LogP contribution in [0.5, 0.6) is 0 Å². The SMILES string of the molecule is COCCN(Cc1nc(C(=O)OC)cs1)C(=O)Nc1c(C(C)C)cccc1C(C)C. The normalized spacial score (nSPS) is 11.1. The van der Waals surface area contributed by atoms with Gasteiger partial charge in [0.05, 0.1) is 20.3 Å². The van der Waals surface area contributed by atoms with Gasteiger partial charge in [-0.05, 0) is 23.0 Å². The van der Waals surface area contributed by atoms with Crippen LogP contribution >= 0.6 is 11.3 Å². The molecule has 7 nitrogen and oxygen atoms in total. The molecular formula is C22H31N3O4S. The van der Waals surface area contributed by atoms with Gasteiger partial charge in [0.1, 0.15) is 5.01 Å². The first kappa shape index (κ1) is 23.8. The molecule has 2 rings (SSSR count). The number of methoxy groups -OCH3 is 2. The highest BCUT2D eigenvalue weighted by molar-refractivity contribution is 7.09. The van der Waals surface area contributed by atoms with Gasteiger partial charge in [-0.25, -0.2) is 14.6 Å². The third-order valence-electron chi connectivity index (χ3n) is 4.73. The predicted molar refractivity (Wildman–Crippen MR) is 119 cm³/mol. The monoisotopic (exact) mass is 433 g/mol. The fraction of sp³-hybridized carbons (Fsp3) is 0.500. The summed E-state index contributed by atoms with van der Waals surface area (Å²) in [6, 6.07) is 5.91. The molecular weight excluding hydrogens is 402 g/mol. The molecule has 0 atom stereocenters. The van der Waals surface area contributed by atoms with E-state index in [0.29, 0.717) is 18.2 Å². The van der Waals surface area contributed by atoms with Crippen molar-refractivity contribution in [3.05, 3.63) is 45.4 Å². The van der Waals surface area contributed by atoms with Gasteiger partial charge in [0.25, 0.3) is 0 Å². The largest absolute Gasteiger partial charge is 0.464 e. The number of amides is 2. The topological polar surface area (TPSA) is 80.8 Å². The Balaban J connectivity index is 2.28. The highest BCUT2D eigenvalue weighted by Gasteiger charge is 2.21. The number of aromatic nitrogens is 1. The number of para-hydroxylation sites is 1.